The quantitative estimate of drug-likeness (QED) is 0.903. The minimum Gasteiger partial charge on any atom is -0.354 e. The minimum atomic E-state index is -0.0127. The third kappa shape index (κ3) is 4.30. The SMILES string of the molecule is O=C(Cn1cccc1)NCCc1ccc(Cl)cc1Cl. The van der Waals surface area contributed by atoms with Crippen molar-refractivity contribution >= 4 is 29.1 Å². The number of carbonyl (C=O) groups excluding carboxylic acids is 1. The fourth-order valence-corrected chi connectivity index (χ4v) is 2.26. The molecule has 0 bridgehead atoms. The number of carbonyl (C=O) groups is 1. The molecule has 2 rings (SSSR count). The van der Waals surface area contributed by atoms with Crippen molar-refractivity contribution in [3.8, 4) is 0 Å². The van der Waals surface area contributed by atoms with Crippen LogP contribution in [-0.4, -0.2) is 17.0 Å². The molecule has 0 radical (unpaired) electrons. The average Bonchev–Trinajstić information content (AvgIpc) is 2.84. The summed E-state index contributed by atoms with van der Waals surface area (Å²) in [4.78, 5) is 11.7. The molecule has 0 aliphatic rings. The van der Waals surface area contributed by atoms with Crippen LogP contribution >= 0.6 is 23.2 Å². The van der Waals surface area contributed by atoms with Crippen LogP contribution in [-0.2, 0) is 17.8 Å². The van der Waals surface area contributed by atoms with Crippen LogP contribution in [0, 0.1) is 0 Å². The van der Waals surface area contributed by atoms with Gasteiger partial charge >= 0.3 is 0 Å². The van der Waals surface area contributed by atoms with Gasteiger partial charge in [0.1, 0.15) is 6.54 Å². The van der Waals surface area contributed by atoms with Crippen LogP contribution in [0.1, 0.15) is 5.56 Å². The molecule has 0 saturated carbocycles. The predicted octanol–water partition coefficient (Wildman–Crippen LogP) is 3.15. The first-order valence-corrected chi connectivity index (χ1v) is 6.72. The van der Waals surface area contributed by atoms with Crippen molar-refractivity contribution in [1.82, 2.24) is 9.88 Å². The van der Waals surface area contributed by atoms with E-state index in [4.69, 9.17) is 23.2 Å². The maximum absolute atomic E-state index is 11.7. The van der Waals surface area contributed by atoms with Gasteiger partial charge in [0.25, 0.3) is 0 Å². The average molecular weight is 297 g/mol. The van der Waals surface area contributed by atoms with Gasteiger partial charge in [-0.3, -0.25) is 4.79 Å². The molecule has 19 heavy (non-hydrogen) atoms. The van der Waals surface area contributed by atoms with Crippen molar-refractivity contribution < 1.29 is 4.79 Å². The third-order valence-electron chi connectivity index (χ3n) is 2.72. The summed E-state index contributed by atoms with van der Waals surface area (Å²) in [5.74, 6) is -0.0127. The highest BCUT2D eigenvalue weighted by atomic mass is 35.5. The highest BCUT2D eigenvalue weighted by Crippen LogP contribution is 2.20. The van der Waals surface area contributed by atoms with Crippen molar-refractivity contribution in [3.05, 3.63) is 58.3 Å². The number of aromatic nitrogens is 1. The third-order valence-corrected chi connectivity index (χ3v) is 3.31. The zero-order chi connectivity index (χ0) is 13.7. The van der Waals surface area contributed by atoms with E-state index in [2.05, 4.69) is 5.32 Å². The summed E-state index contributed by atoms with van der Waals surface area (Å²) in [5.41, 5.74) is 0.979. The van der Waals surface area contributed by atoms with Gasteiger partial charge in [-0.25, -0.2) is 0 Å². The Hall–Kier alpha value is -1.45. The summed E-state index contributed by atoms with van der Waals surface area (Å²) in [6.45, 7) is 0.892. The van der Waals surface area contributed by atoms with Crippen LogP contribution in [0.3, 0.4) is 0 Å². The molecule has 0 atom stereocenters. The predicted molar refractivity (Wildman–Crippen MR) is 77.6 cm³/mol. The molecular formula is C14H14Cl2N2O. The Kier molecular flexibility index (Phi) is 4.88. The number of halogens is 2. The summed E-state index contributed by atoms with van der Waals surface area (Å²) < 4.78 is 1.82. The molecule has 1 aromatic heterocycles. The van der Waals surface area contributed by atoms with Crippen LogP contribution in [0.2, 0.25) is 10.0 Å². The molecule has 2 aromatic rings. The lowest BCUT2D eigenvalue weighted by Gasteiger charge is -2.07. The minimum absolute atomic E-state index is 0.0127. The van der Waals surface area contributed by atoms with Gasteiger partial charge in [-0.1, -0.05) is 29.3 Å². The Morgan fingerprint density at radius 3 is 2.63 bits per heavy atom. The lowest BCUT2D eigenvalue weighted by molar-refractivity contribution is -0.121. The molecule has 0 saturated heterocycles. The number of benzene rings is 1. The van der Waals surface area contributed by atoms with Crippen LogP contribution in [0.5, 0.6) is 0 Å². The first-order chi connectivity index (χ1) is 9.15. The molecule has 0 spiro atoms. The fraction of sp³-hybridized carbons (Fsp3) is 0.214. The van der Waals surface area contributed by atoms with E-state index in [9.17, 15) is 4.79 Å². The number of nitrogens with zero attached hydrogens (tertiary/aromatic N) is 1. The molecule has 1 heterocycles. The number of hydrogen-bond donors (Lipinski definition) is 1. The normalized spacial score (nSPS) is 10.4. The van der Waals surface area contributed by atoms with Crippen LogP contribution in [0.4, 0.5) is 0 Å². The monoisotopic (exact) mass is 296 g/mol. The van der Waals surface area contributed by atoms with Crippen LogP contribution in [0.15, 0.2) is 42.7 Å². The zero-order valence-electron chi connectivity index (χ0n) is 10.3. The smallest absolute Gasteiger partial charge is 0.239 e. The second-order valence-corrected chi connectivity index (χ2v) is 5.03. The summed E-state index contributed by atoms with van der Waals surface area (Å²) in [5, 5.41) is 4.11. The summed E-state index contributed by atoms with van der Waals surface area (Å²) in [7, 11) is 0. The standard InChI is InChI=1S/C14H14Cl2N2O/c15-12-4-3-11(13(16)9-12)5-6-17-14(19)10-18-7-1-2-8-18/h1-4,7-9H,5-6,10H2,(H,17,19). The molecule has 5 heteroatoms. The van der Waals surface area contributed by atoms with Gasteiger partial charge in [0.15, 0.2) is 0 Å². The molecule has 1 aromatic carbocycles. The highest BCUT2D eigenvalue weighted by molar-refractivity contribution is 6.35. The van der Waals surface area contributed by atoms with E-state index in [1.165, 1.54) is 0 Å². The molecule has 1 amide bonds. The number of nitrogens with one attached hydrogen (secondary N) is 1. The number of rotatable bonds is 5. The Morgan fingerprint density at radius 1 is 1.21 bits per heavy atom. The van der Waals surface area contributed by atoms with E-state index in [1.54, 1.807) is 12.1 Å². The van der Waals surface area contributed by atoms with Crippen LogP contribution in [0.25, 0.3) is 0 Å². The first-order valence-electron chi connectivity index (χ1n) is 5.96. The van der Waals surface area contributed by atoms with Gasteiger partial charge in [0, 0.05) is 29.0 Å². The lowest BCUT2D eigenvalue weighted by atomic mass is 10.1. The maximum atomic E-state index is 11.7. The molecule has 0 fully saturated rings. The Balaban J connectivity index is 1.78. The van der Waals surface area contributed by atoms with E-state index in [-0.39, 0.29) is 5.91 Å². The second kappa shape index (κ2) is 6.64. The summed E-state index contributed by atoms with van der Waals surface area (Å²) in [6.07, 6.45) is 4.40. The molecule has 0 unspecified atom stereocenters. The topological polar surface area (TPSA) is 34.0 Å². The zero-order valence-corrected chi connectivity index (χ0v) is 11.8. The van der Waals surface area contributed by atoms with Gasteiger partial charge in [-0.2, -0.15) is 0 Å². The Labute approximate surface area is 122 Å². The highest BCUT2D eigenvalue weighted by Gasteiger charge is 2.04. The lowest BCUT2D eigenvalue weighted by Crippen LogP contribution is -2.29. The summed E-state index contributed by atoms with van der Waals surface area (Å²) in [6, 6.07) is 9.16. The Bertz CT molecular complexity index is 553. The maximum Gasteiger partial charge on any atom is 0.239 e. The van der Waals surface area contributed by atoms with Gasteiger partial charge in [0.05, 0.1) is 0 Å². The van der Waals surface area contributed by atoms with E-state index in [1.807, 2.05) is 35.2 Å². The second-order valence-electron chi connectivity index (χ2n) is 4.19. The molecular weight excluding hydrogens is 283 g/mol. The van der Waals surface area contributed by atoms with E-state index in [0.717, 1.165) is 5.56 Å². The molecule has 3 nitrogen and oxygen atoms in total. The van der Waals surface area contributed by atoms with Crippen molar-refractivity contribution in [3.63, 3.8) is 0 Å². The first kappa shape index (κ1) is 14.0. The molecule has 1 N–H and O–H groups in total. The number of amides is 1. The molecule has 0 aliphatic heterocycles. The van der Waals surface area contributed by atoms with Gasteiger partial charge < -0.3 is 9.88 Å². The van der Waals surface area contributed by atoms with Crippen molar-refractivity contribution in [2.24, 2.45) is 0 Å². The summed E-state index contributed by atoms with van der Waals surface area (Å²) >= 11 is 11.9. The van der Waals surface area contributed by atoms with Crippen molar-refractivity contribution in [1.29, 1.82) is 0 Å². The van der Waals surface area contributed by atoms with Crippen molar-refractivity contribution in [2.75, 3.05) is 6.54 Å². The van der Waals surface area contributed by atoms with Crippen molar-refractivity contribution in [2.45, 2.75) is 13.0 Å². The van der Waals surface area contributed by atoms with E-state index >= 15 is 0 Å². The van der Waals surface area contributed by atoms with Gasteiger partial charge in [0.2, 0.25) is 5.91 Å². The van der Waals surface area contributed by atoms with E-state index < -0.39 is 0 Å². The van der Waals surface area contributed by atoms with Crippen LogP contribution < -0.4 is 5.32 Å². The Morgan fingerprint density at radius 2 is 1.95 bits per heavy atom. The molecule has 0 aliphatic carbocycles. The number of hydrogen-bond acceptors (Lipinski definition) is 1. The molecule has 100 valence electrons. The van der Waals surface area contributed by atoms with Gasteiger partial charge in [-0.15, -0.1) is 0 Å². The fourth-order valence-electron chi connectivity index (χ4n) is 1.76. The largest absolute Gasteiger partial charge is 0.354 e. The van der Waals surface area contributed by atoms with Gasteiger partial charge in [-0.05, 0) is 36.2 Å². The van der Waals surface area contributed by atoms with E-state index in [0.29, 0.717) is 29.6 Å².